The van der Waals surface area contributed by atoms with Crippen LogP contribution >= 0.6 is 0 Å². The maximum Gasteiger partial charge on any atom is 0.435 e. The molecule has 0 unspecified atom stereocenters. The highest BCUT2D eigenvalue weighted by Gasteiger charge is 2.33. The number of halogens is 3. The average Bonchev–Trinajstić information content (AvgIpc) is 3.34. The van der Waals surface area contributed by atoms with Crippen LogP contribution in [0.3, 0.4) is 0 Å². The molecular weight excluding hydrogens is 437 g/mol. The molecule has 12 heteroatoms. The molecule has 33 heavy (non-hydrogen) atoms. The van der Waals surface area contributed by atoms with E-state index in [1.807, 2.05) is 27.1 Å². The Labute approximate surface area is 186 Å². The van der Waals surface area contributed by atoms with Gasteiger partial charge in [0.1, 0.15) is 23.9 Å². The molecule has 0 saturated carbocycles. The monoisotopic (exact) mass is 458 g/mol. The van der Waals surface area contributed by atoms with Crippen LogP contribution in [0.1, 0.15) is 30.0 Å². The molecule has 1 fully saturated rings. The van der Waals surface area contributed by atoms with Gasteiger partial charge in [0, 0.05) is 31.4 Å². The molecule has 4 aromatic rings. The van der Waals surface area contributed by atoms with Crippen molar-refractivity contribution in [1.82, 2.24) is 34.3 Å². The van der Waals surface area contributed by atoms with Crippen LogP contribution < -0.4 is 4.90 Å². The molecule has 0 spiro atoms. The SMILES string of the molecule is Cc1nn(C)cc1[C@H]1CN(c2cc(-c3cnc4ccc(C(F)(F)F)nn34)ncn2)C[C@H](C)O1. The number of ether oxygens (including phenoxy) is 1. The molecule has 0 bridgehead atoms. The standard InChI is InChI=1S/C21H21F3N8O/c1-12-8-31(10-17(33-12)14-9-30(3)28-13(14)2)20-6-15(26-11-27-20)16-7-25-19-5-4-18(21(22,23)24)29-32(16)19/h4-7,9,11-12,17H,8,10H2,1-3H3/t12-,17+/m0/s1. The van der Waals surface area contributed by atoms with Gasteiger partial charge in [-0.15, -0.1) is 0 Å². The van der Waals surface area contributed by atoms with Crippen LogP contribution in [0.4, 0.5) is 19.0 Å². The number of hydrogen-bond acceptors (Lipinski definition) is 7. The molecular formula is C21H21F3N8O. The maximum absolute atomic E-state index is 13.2. The fraction of sp³-hybridized carbons (Fsp3) is 0.381. The third kappa shape index (κ3) is 4.01. The Balaban J connectivity index is 1.49. The Hall–Kier alpha value is -3.54. The molecule has 0 N–H and O–H groups in total. The minimum absolute atomic E-state index is 0.0615. The normalized spacial score (nSPS) is 19.4. The Morgan fingerprint density at radius 1 is 1.09 bits per heavy atom. The van der Waals surface area contributed by atoms with Crippen molar-refractivity contribution in [2.75, 3.05) is 18.0 Å². The lowest BCUT2D eigenvalue weighted by molar-refractivity contribution is -0.141. The van der Waals surface area contributed by atoms with Crippen LogP contribution in [-0.2, 0) is 18.0 Å². The van der Waals surface area contributed by atoms with Crippen molar-refractivity contribution in [3.63, 3.8) is 0 Å². The van der Waals surface area contributed by atoms with Gasteiger partial charge >= 0.3 is 6.18 Å². The first-order valence-corrected chi connectivity index (χ1v) is 10.3. The number of aromatic nitrogens is 7. The van der Waals surface area contributed by atoms with Crippen molar-refractivity contribution in [2.24, 2.45) is 7.05 Å². The minimum Gasteiger partial charge on any atom is -0.367 e. The second-order valence-electron chi connectivity index (χ2n) is 8.08. The van der Waals surface area contributed by atoms with E-state index in [1.165, 1.54) is 18.6 Å². The number of nitrogens with zero attached hydrogens (tertiary/aromatic N) is 8. The van der Waals surface area contributed by atoms with Gasteiger partial charge in [0.05, 0.1) is 30.2 Å². The number of imidazole rings is 1. The quantitative estimate of drug-likeness (QED) is 0.466. The van der Waals surface area contributed by atoms with E-state index in [0.29, 0.717) is 35.9 Å². The van der Waals surface area contributed by atoms with Crippen molar-refractivity contribution in [1.29, 1.82) is 0 Å². The summed E-state index contributed by atoms with van der Waals surface area (Å²) in [6.45, 7) is 5.09. The fourth-order valence-electron chi connectivity index (χ4n) is 4.10. The molecule has 5 heterocycles. The largest absolute Gasteiger partial charge is 0.435 e. The third-order valence-corrected chi connectivity index (χ3v) is 5.55. The van der Waals surface area contributed by atoms with Crippen molar-refractivity contribution >= 4 is 11.5 Å². The van der Waals surface area contributed by atoms with Crippen molar-refractivity contribution < 1.29 is 17.9 Å². The lowest BCUT2D eigenvalue weighted by Gasteiger charge is -2.37. The van der Waals surface area contributed by atoms with Crippen molar-refractivity contribution in [3.05, 3.63) is 53.9 Å². The first-order valence-electron chi connectivity index (χ1n) is 10.3. The molecule has 5 rings (SSSR count). The maximum atomic E-state index is 13.2. The molecule has 1 aliphatic rings. The molecule has 172 valence electrons. The summed E-state index contributed by atoms with van der Waals surface area (Å²) in [6, 6.07) is 3.93. The summed E-state index contributed by atoms with van der Waals surface area (Å²) in [5, 5.41) is 8.13. The summed E-state index contributed by atoms with van der Waals surface area (Å²) in [5.41, 5.74) is 1.98. The Morgan fingerprint density at radius 3 is 2.64 bits per heavy atom. The van der Waals surface area contributed by atoms with E-state index in [4.69, 9.17) is 4.74 Å². The molecule has 4 aromatic heterocycles. The highest BCUT2D eigenvalue weighted by Crippen LogP contribution is 2.31. The van der Waals surface area contributed by atoms with Crippen LogP contribution in [0.2, 0.25) is 0 Å². The predicted molar refractivity (Wildman–Crippen MR) is 112 cm³/mol. The number of anilines is 1. The van der Waals surface area contributed by atoms with Crippen LogP contribution in [0.15, 0.2) is 36.9 Å². The van der Waals surface area contributed by atoms with Crippen LogP contribution in [0.5, 0.6) is 0 Å². The van der Waals surface area contributed by atoms with Crippen LogP contribution in [-0.4, -0.2) is 53.5 Å². The minimum atomic E-state index is -4.56. The van der Waals surface area contributed by atoms with Gasteiger partial charge in [0.2, 0.25) is 0 Å². The predicted octanol–water partition coefficient (Wildman–Crippen LogP) is 3.21. The number of morpholine rings is 1. The zero-order chi connectivity index (χ0) is 23.3. The zero-order valence-electron chi connectivity index (χ0n) is 18.2. The second kappa shape index (κ2) is 7.80. The number of aryl methyl sites for hydroxylation is 2. The van der Waals surface area contributed by atoms with Gasteiger partial charge in [-0.1, -0.05) is 0 Å². The van der Waals surface area contributed by atoms with Gasteiger partial charge in [-0.2, -0.15) is 23.4 Å². The zero-order valence-corrected chi connectivity index (χ0v) is 18.2. The smallest absolute Gasteiger partial charge is 0.367 e. The molecule has 0 aromatic carbocycles. The van der Waals surface area contributed by atoms with Gasteiger partial charge in [0.15, 0.2) is 11.3 Å². The summed E-state index contributed by atoms with van der Waals surface area (Å²) in [4.78, 5) is 14.9. The van der Waals surface area contributed by atoms with E-state index >= 15 is 0 Å². The Bertz CT molecular complexity index is 1310. The Kier molecular flexibility index (Phi) is 5.04. The number of hydrogen-bond donors (Lipinski definition) is 0. The van der Waals surface area contributed by atoms with Gasteiger partial charge in [-0.05, 0) is 26.0 Å². The highest BCUT2D eigenvalue weighted by molar-refractivity contribution is 5.62. The molecule has 1 aliphatic heterocycles. The summed E-state index contributed by atoms with van der Waals surface area (Å²) < 4.78 is 48.5. The molecule has 9 nitrogen and oxygen atoms in total. The lowest BCUT2D eigenvalue weighted by Crippen LogP contribution is -2.43. The molecule has 0 amide bonds. The van der Waals surface area contributed by atoms with E-state index in [9.17, 15) is 13.2 Å². The lowest BCUT2D eigenvalue weighted by atomic mass is 10.1. The summed E-state index contributed by atoms with van der Waals surface area (Å²) in [7, 11) is 1.87. The number of rotatable bonds is 3. The van der Waals surface area contributed by atoms with E-state index in [1.54, 1.807) is 10.7 Å². The van der Waals surface area contributed by atoms with E-state index in [-0.39, 0.29) is 12.2 Å². The molecule has 2 atom stereocenters. The first kappa shape index (κ1) is 21.3. The summed E-state index contributed by atoms with van der Waals surface area (Å²) >= 11 is 0. The topological polar surface area (TPSA) is 86.3 Å². The van der Waals surface area contributed by atoms with Crippen molar-refractivity contribution in [3.8, 4) is 11.4 Å². The van der Waals surface area contributed by atoms with Gasteiger partial charge in [0.25, 0.3) is 0 Å². The van der Waals surface area contributed by atoms with Gasteiger partial charge < -0.3 is 9.64 Å². The first-order chi connectivity index (χ1) is 15.7. The van der Waals surface area contributed by atoms with Gasteiger partial charge in [-0.25, -0.2) is 19.5 Å². The molecule has 1 saturated heterocycles. The van der Waals surface area contributed by atoms with Crippen LogP contribution in [0.25, 0.3) is 17.0 Å². The summed E-state index contributed by atoms with van der Waals surface area (Å²) in [5.74, 6) is 0.642. The third-order valence-electron chi connectivity index (χ3n) is 5.55. The fourth-order valence-corrected chi connectivity index (χ4v) is 4.10. The molecule has 0 radical (unpaired) electrons. The highest BCUT2D eigenvalue weighted by atomic mass is 19.4. The average molecular weight is 458 g/mol. The van der Waals surface area contributed by atoms with Crippen LogP contribution in [0, 0.1) is 6.92 Å². The second-order valence-corrected chi connectivity index (χ2v) is 8.08. The number of alkyl halides is 3. The van der Waals surface area contributed by atoms with E-state index in [2.05, 4.69) is 30.0 Å². The summed E-state index contributed by atoms with van der Waals surface area (Å²) in [6.07, 6.45) is -0.0124. The van der Waals surface area contributed by atoms with E-state index < -0.39 is 11.9 Å². The molecule has 0 aliphatic carbocycles. The Morgan fingerprint density at radius 2 is 1.91 bits per heavy atom. The van der Waals surface area contributed by atoms with E-state index in [0.717, 1.165) is 21.8 Å². The van der Waals surface area contributed by atoms with Gasteiger partial charge in [-0.3, -0.25) is 4.68 Å². The number of fused-ring (bicyclic) bond motifs is 1. The van der Waals surface area contributed by atoms with Crippen molar-refractivity contribution in [2.45, 2.75) is 32.2 Å².